The number of nitrogens with one attached hydrogen (secondary N) is 1. The fourth-order valence-corrected chi connectivity index (χ4v) is 1.23. The third-order valence-electron chi connectivity index (χ3n) is 1.91. The van der Waals surface area contributed by atoms with Crippen molar-refractivity contribution >= 4 is 5.91 Å². The first-order valence-electron chi connectivity index (χ1n) is 3.85. The van der Waals surface area contributed by atoms with E-state index >= 15 is 0 Å². The molecule has 1 fully saturated rings. The molecule has 1 heterocycles. The molecule has 0 saturated carbocycles. The zero-order valence-electron chi connectivity index (χ0n) is 6.67. The van der Waals surface area contributed by atoms with Crippen molar-refractivity contribution in [1.82, 2.24) is 5.32 Å². The maximum atomic E-state index is 11.0. The number of rotatable bonds is 2. The third kappa shape index (κ3) is 1.91. The quantitative estimate of drug-likeness (QED) is 0.555. The molecule has 3 N–H and O–H groups in total. The summed E-state index contributed by atoms with van der Waals surface area (Å²) in [6, 6.07) is 0. The fraction of sp³-hybridized carbons (Fsp3) is 0.857. The molecule has 4 heteroatoms. The van der Waals surface area contributed by atoms with E-state index in [0.717, 1.165) is 12.8 Å². The molecule has 0 bridgehead atoms. The van der Waals surface area contributed by atoms with Crippen molar-refractivity contribution in [3.8, 4) is 0 Å². The molecule has 0 spiro atoms. The molecular weight excluding hydrogens is 144 g/mol. The Morgan fingerprint density at radius 3 is 2.91 bits per heavy atom. The Morgan fingerprint density at radius 2 is 2.45 bits per heavy atom. The number of ether oxygens (including phenoxy) is 1. The lowest BCUT2D eigenvalue weighted by atomic mass is 10.2. The van der Waals surface area contributed by atoms with Crippen molar-refractivity contribution in [2.75, 3.05) is 13.6 Å². The fourth-order valence-electron chi connectivity index (χ4n) is 1.23. The summed E-state index contributed by atoms with van der Waals surface area (Å²) in [5.41, 5.74) is 5.38. The summed E-state index contributed by atoms with van der Waals surface area (Å²) in [7, 11) is 1.61. The van der Waals surface area contributed by atoms with Crippen molar-refractivity contribution in [3.05, 3.63) is 0 Å². The molecule has 4 nitrogen and oxygen atoms in total. The second-order valence-electron chi connectivity index (χ2n) is 2.67. The SMILES string of the molecule is CNC(=O)C1CCC(CN)O1. The van der Waals surface area contributed by atoms with Gasteiger partial charge in [0.1, 0.15) is 6.10 Å². The molecule has 2 atom stereocenters. The summed E-state index contributed by atoms with van der Waals surface area (Å²) in [4.78, 5) is 11.0. The molecule has 64 valence electrons. The van der Waals surface area contributed by atoms with Crippen molar-refractivity contribution in [1.29, 1.82) is 0 Å². The molecular formula is C7H14N2O2. The monoisotopic (exact) mass is 158 g/mol. The van der Waals surface area contributed by atoms with Gasteiger partial charge in [-0.1, -0.05) is 0 Å². The van der Waals surface area contributed by atoms with Gasteiger partial charge in [-0.2, -0.15) is 0 Å². The standard InChI is InChI=1S/C7H14N2O2/c1-9-7(10)6-3-2-5(4-8)11-6/h5-6H,2-4,8H2,1H3,(H,9,10). The van der Waals surface area contributed by atoms with Gasteiger partial charge in [0.15, 0.2) is 0 Å². The molecule has 1 rings (SSSR count). The number of hydrogen-bond acceptors (Lipinski definition) is 3. The number of carbonyl (C=O) groups excluding carboxylic acids is 1. The summed E-state index contributed by atoms with van der Waals surface area (Å²) in [5.74, 6) is -0.0408. The van der Waals surface area contributed by atoms with Crippen LogP contribution in [0.2, 0.25) is 0 Å². The predicted molar refractivity (Wildman–Crippen MR) is 41.0 cm³/mol. The molecule has 1 aliphatic heterocycles. The molecule has 0 aromatic heterocycles. The van der Waals surface area contributed by atoms with Crippen molar-refractivity contribution < 1.29 is 9.53 Å². The van der Waals surface area contributed by atoms with Crippen LogP contribution < -0.4 is 11.1 Å². The predicted octanol–water partition coefficient (Wildman–Crippen LogP) is -0.761. The highest BCUT2D eigenvalue weighted by atomic mass is 16.5. The lowest BCUT2D eigenvalue weighted by Gasteiger charge is -2.09. The number of amides is 1. The molecule has 1 amide bonds. The van der Waals surface area contributed by atoms with Crippen molar-refractivity contribution in [2.45, 2.75) is 25.0 Å². The Kier molecular flexibility index (Phi) is 2.84. The molecule has 0 radical (unpaired) electrons. The topological polar surface area (TPSA) is 64.4 Å². The Labute approximate surface area is 66.1 Å². The van der Waals surface area contributed by atoms with Gasteiger partial charge in [-0.3, -0.25) is 4.79 Å². The first kappa shape index (κ1) is 8.49. The Hall–Kier alpha value is -0.610. The van der Waals surface area contributed by atoms with E-state index in [0.29, 0.717) is 6.54 Å². The first-order valence-corrected chi connectivity index (χ1v) is 3.85. The first-order chi connectivity index (χ1) is 5.27. The van der Waals surface area contributed by atoms with Crippen molar-refractivity contribution in [3.63, 3.8) is 0 Å². The van der Waals surface area contributed by atoms with Gasteiger partial charge >= 0.3 is 0 Å². The normalized spacial score (nSPS) is 30.4. The van der Waals surface area contributed by atoms with Crippen LogP contribution in [0.1, 0.15) is 12.8 Å². The maximum absolute atomic E-state index is 11.0. The van der Waals surface area contributed by atoms with Crippen LogP contribution >= 0.6 is 0 Å². The zero-order chi connectivity index (χ0) is 8.27. The van der Waals surface area contributed by atoms with Gasteiger partial charge in [-0.05, 0) is 12.8 Å². The Morgan fingerprint density at radius 1 is 1.73 bits per heavy atom. The van der Waals surface area contributed by atoms with E-state index in [1.54, 1.807) is 7.05 Å². The average molecular weight is 158 g/mol. The minimum absolute atomic E-state index is 0.0408. The van der Waals surface area contributed by atoms with Gasteiger partial charge in [-0.15, -0.1) is 0 Å². The molecule has 0 aliphatic carbocycles. The van der Waals surface area contributed by atoms with E-state index < -0.39 is 0 Å². The highest BCUT2D eigenvalue weighted by Crippen LogP contribution is 2.18. The Bertz CT molecular complexity index is 149. The smallest absolute Gasteiger partial charge is 0.248 e. The average Bonchev–Trinajstić information content (AvgIpc) is 2.50. The van der Waals surface area contributed by atoms with Gasteiger partial charge in [0.05, 0.1) is 6.10 Å². The van der Waals surface area contributed by atoms with E-state index in [1.165, 1.54) is 0 Å². The van der Waals surface area contributed by atoms with Crippen LogP contribution in [0.4, 0.5) is 0 Å². The van der Waals surface area contributed by atoms with Gasteiger partial charge in [0.25, 0.3) is 0 Å². The summed E-state index contributed by atoms with van der Waals surface area (Å²) < 4.78 is 5.33. The van der Waals surface area contributed by atoms with Crippen molar-refractivity contribution in [2.24, 2.45) is 5.73 Å². The Balaban J connectivity index is 2.35. The van der Waals surface area contributed by atoms with Crippen LogP contribution in [0.5, 0.6) is 0 Å². The van der Waals surface area contributed by atoms with Crippen LogP contribution in [-0.4, -0.2) is 31.7 Å². The van der Waals surface area contributed by atoms with E-state index in [4.69, 9.17) is 10.5 Å². The van der Waals surface area contributed by atoms with Gasteiger partial charge in [-0.25, -0.2) is 0 Å². The summed E-state index contributed by atoms with van der Waals surface area (Å²) in [6.07, 6.45) is 1.50. The highest BCUT2D eigenvalue weighted by molar-refractivity contribution is 5.80. The minimum Gasteiger partial charge on any atom is -0.364 e. The number of carbonyl (C=O) groups is 1. The van der Waals surface area contributed by atoms with Gasteiger partial charge in [0.2, 0.25) is 5.91 Å². The van der Waals surface area contributed by atoms with E-state index in [9.17, 15) is 4.79 Å². The summed E-state index contributed by atoms with van der Waals surface area (Å²) in [6.45, 7) is 0.507. The molecule has 1 aliphatic rings. The molecule has 0 aromatic carbocycles. The third-order valence-corrected chi connectivity index (χ3v) is 1.91. The number of nitrogens with two attached hydrogens (primary N) is 1. The zero-order valence-corrected chi connectivity index (χ0v) is 6.67. The van der Waals surface area contributed by atoms with Gasteiger partial charge in [0, 0.05) is 13.6 Å². The number of hydrogen-bond donors (Lipinski definition) is 2. The molecule has 2 unspecified atom stereocenters. The van der Waals surface area contributed by atoms with Crippen LogP contribution in [-0.2, 0) is 9.53 Å². The highest BCUT2D eigenvalue weighted by Gasteiger charge is 2.28. The molecule has 11 heavy (non-hydrogen) atoms. The van der Waals surface area contributed by atoms with E-state index in [-0.39, 0.29) is 18.1 Å². The summed E-state index contributed by atoms with van der Waals surface area (Å²) >= 11 is 0. The lowest BCUT2D eigenvalue weighted by Crippen LogP contribution is -2.32. The van der Waals surface area contributed by atoms with Crippen LogP contribution in [0.3, 0.4) is 0 Å². The van der Waals surface area contributed by atoms with E-state index in [2.05, 4.69) is 5.32 Å². The maximum Gasteiger partial charge on any atom is 0.248 e. The molecule has 1 saturated heterocycles. The number of likely N-dealkylation sites (N-methyl/N-ethyl adjacent to an activating group) is 1. The largest absolute Gasteiger partial charge is 0.364 e. The molecule has 0 aromatic rings. The van der Waals surface area contributed by atoms with Gasteiger partial charge < -0.3 is 15.8 Å². The van der Waals surface area contributed by atoms with E-state index in [1.807, 2.05) is 0 Å². The van der Waals surface area contributed by atoms with Crippen LogP contribution in [0, 0.1) is 0 Å². The summed E-state index contributed by atoms with van der Waals surface area (Å²) in [5, 5.41) is 2.55. The van der Waals surface area contributed by atoms with Crippen LogP contribution in [0.25, 0.3) is 0 Å². The van der Waals surface area contributed by atoms with Crippen LogP contribution in [0.15, 0.2) is 0 Å². The minimum atomic E-state index is -0.270. The second-order valence-corrected chi connectivity index (χ2v) is 2.67. The second kappa shape index (κ2) is 3.69. The lowest BCUT2D eigenvalue weighted by molar-refractivity contribution is -0.131.